The van der Waals surface area contributed by atoms with E-state index in [1.54, 1.807) is 0 Å². The van der Waals surface area contributed by atoms with Crippen molar-refractivity contribution in [2.75, 3.05) is 13.2 Å². The quantitative estimate of drug-likeness (QED) is 0.763. The number of aliphatic hydroxyl groups excluding tert-OH is 1. The van der Waals surface area contributed by atoms with Crippen molar-refractivity contribution in [2.45, 2.75) is 58.3 Å². The highest BCUT2D eigenvalue weighted by Crippen LogP contribution is 2.24. The zero-order valence-electron chi connectivity index (χ0n) is 10.1. The zero-order valence-corrected chi connectivity index (χ0v) is 10.1. The lowest BCUT2D eigenvalue weighted by molar-refractivity contribution is -0.117. The lowest BCUT2D eigenvalue weighted by Crippen LogP contribution is -2.35. The van der Waals surface area contributed by atoms with Crippen molar-refractivity contribution in [1.29, 1.82) is 0 Å². The third-order valence-corrected chi connectivity index (χ3v) is 3.33. The molecule has 0 aromatic rings. The number of hydrogen-bond acceptors (Lipinski definition) is 3. The fraction of sp³-hybridized carbons (Fsp3) is 1.00. The van der Waals surface area contributed by atoms with Crippen LogP contribution in [-0.4, -0.2) is 36.6 Å². The van der Waals surface area contributed by atoms with Crippen LogP contribution in [0.3, 0.4) is 0 Å². The summed E-state index contributed by atoms with van der Waals surface area (Å²) in [6.45, 7) is 7.10. The van der Waals surface area contributed by atoms with Crippen LogP contribution in [0.5, 0.6) is 0 Å². The molecule has 0 aliphatic carbocycles. The molecule has 1 aliphatic rings. The van der Waals surface area contributed by atoms with Crippen LogP contribution in [0.2, 0.25) is 0 Å². The molecule has 0 saturated carbocycles. The predicted molar refractivity (Wildman–Crippen MR) is 59.8 cm³/mol. The molecule has 1 rings (SSSR count). The Kier molecular flexibility index (Phi) is 5.58. The largest absolute Gasteiger partial charge is 0.394 e. The molecule has 0 aromatic carbocycles. The molecule has 1 saturated heterocycles. The Hall–Kier alpha value is -0.120. The van der Waals surface area contributed by atoms with Gasteiger partial charge in [0.2, 0.25) is 0 Å². The van der Waals surface area contributed by atoms with Gasteiger partial charge < -0.3 is 14.6 Å². The molecule has 1 fully saturated rings. The zero-order chi connectivity index (χ0) is 11.3. The first-order valence-corrected chi connectivity index (χ1v) is 6.05. The number of rotatable bonds is 5. The minimum absolute atomic E-state index is 0.0248. The van der Waals surface area contributed by atoms with Crippen molar-refractivity contribution in [3.05, 3.63) is 0 Å². The summed E-state index contributed by atoms with van der Waals surface area (Å²) in [5.74, 6) is 0.654. The Balaban J connectivity index is 2.22. The smallest absolute Gasteiger partial charge is 0.0812 e. The van der Waals surface area contributed by atoms with E-state index in [0.29, 0.717) is 18.6 Å². The maximum Gasteiger partial charge on any atom is 0.0812 e. The molecule has 4 atom stereocenters. The van der Waals surface area contributed by atoms with Crippen LogP contribution in [0.1, 0.15) is 40.0 Å². The first-order chi connectivity index (χ1) is 7.17. The van der Waals surface area contributed by atoms with Gasteiger partial charge in [0.25, 0.3) is 0 Å². The Morgan fingerprint density at radius 1 is 1.40 bits per heavy atom. The van der Waals surface area contributed by atoms with Gasteiger partial charge in [-0.25, -0.2) is 0 Å². The van der Waals surface area contributed by atoms with Gasteiger partial charge in [0.1, 0.15) is 0 Å². The van der Waals surface area contributed by atoms with E-state index in [-0.39, 0.29) is 18.8 Å². The summed E-state index contributed by atoms with van der Waals surface area (Å²) in [5, 5.41) is 8.98. The van der Waals surface area contributed by atoms with Gasteiger partial charge in [0.15, 0.2) is 0 Å². The second-order valence-electron chi connectivity index (χ2n) is 4.56. The maximum absolute atomic E-state index is 8.98. The normalized spacial score (nSPS) is 34.0. The van der Waals surface area contributed by atoms with Crippen molar-refractivity contribution in [2.24, 2.45) is 5.92 Å². The molecule has 4 unspecified atom stereocenters. The van der Waals surface area contributed by atoms with Crippen LogP contribution in [0.15, 0.2) is 0 Å². The van der Waals surface area contributed by atoms with E-state index in [2.05, 4.69) is 13.8 Å². The maximum atomic E-state index is 8.98. The van der Waals surface area contributed by atoms with Crippen molar-refractivity contribution in [3.8, 4) is 0 Å². The lowest BCUT2D eigenvalue weighted by Gasteiger charge is -2.33. The number of ether oxygens (including phenoxy) is 2. The summed E-state index contributed by atoms with van der Waals surface area (Å²) in [5.41, 5.74) is 0. The molecule has 3 nitrogen and oxygen atoms in total. The van der Waals surface area contributed by atoms with Crippen LogP contribution in [0.4, 0.5) is 0 Å². The fourth-order valence-corrected chi connectivity index (χ4v) is 1.85. The second-order valence-corrected chi connectivity index (χ2v) is 4.56. The summed E-state index contributed by atoms with van der Waals surface area (Å²) < 4.78 is 11.4. The van der Waals surface area contributed by atoms with Crippen LogP contribution in [0, 0.1) is 5.92 Å². The van der Waals surface area contributed by atoms with Gasteiger partial charge in [-0.1, -0.05) is 13.8 Å². The third-order valence-electron chi connectivity index (χ3n) is 3.33. The molecule has 1 N–H and O–H groups in total. The third kappa shape index (κ3) is 4.09. The average molecular weight is 216 g/mol. The highest BCUT2D eigenvalue weighted by molar-refractivity contribution is 4.73. The molecule has 0 bridgehead atoms. The number of hydrogen-bond donors (Lipinski definition) is 1. The van der Waals surface area contributed by atoms with E-state index in [9.17, 15) is 0 Å². The minimum Gasteiger partial charge on any atom is -0.394 e. The van der Waals surface area contributed by atoms with Gasteiger partial charge >= 0.3 is 0 Å². The SMILES string of the molecule is CCC(CO)OCC1CCC(C)C(C)O1. The highest BCUT2D eigenvalue weighted by atomic mass is 16.5. The van der Waals surface area contributed by atoms with Gasteiger partial charge in [-0.15, -0.1) is 0 Å². The fourth-order valence-electron chi connectivity index (χ4n) is 1.85. The molecular weight excluding hydrogens is 192 g/mol. The van der Waals surface area contributed by atoms with E-state index in [1.807, 2.05) is 6.92 Å². The van der Waals surface area contributed by atoms with Crippen molar-refractivity contribution < 1.29 is 14.6 Å². The second kappa shape index (κ2) is 6.46. The molecule has 1 heterocycles. The van der Waals surface area contributed by atoms with Crippen molar-refractivity contribution >= 4 is 0 Å². The van der Waals surface area contributed by atoms with E-state index in [0.717, 1.165) is 12.8 Å². The van der Waals surface area contributed by atoms with E-state index < -0.39 is 0 Å². The molecule has 90 valence electrons. The van der Waals surface area contributed by atoms with E-state index >= 15 is 0 Å². The molecular formula is C12H24O3. The van der Waals surface area contributed by atoms with Crippen LogP contribution < -0.4 is 0 Å². The molecule has 0 aromatic heterocycles. The average Bonchev–Trinajstić information content (AvgIpc) is 2.24. The molecule has 0 amide bonds. The van der Waals surface area contributed by atoms with Crippen LogP contribution in [-0.2, 0) is 9.47 Å². The summed E-state index contributed by atoms with van der Waals surface area (Å²) in [6.07, 6.45) is 3.68. The monoisotopic (exact) mass is 216 g/mol. The minimum atomic E-state index is -0.0248. The summed E-state index contributed by atoms with van der Waals surface area (Å²) in [4.78, 5) is 0. The molecule has 0 spiro atoms. The van der Waals surface area contributed by atoms with Crippen molar-refractivity contribution in [1.82, 2.24) is 0 Å². The Labute approximate surface area is 92.8 Å². The summed E-state index contributed by atoms with van der Waals surface area (Å²) >= 11 is 0. The van der Waals surface area contributed by atoms with Gasteiger partial charge in [0, 0.05) is 0 Å². The van der Waals surface area contributed by atoms with E-state index in [1.165, 1.54) is 6.42 Å². The van der Waals surface area contributed by atoms with Gasteiger partial charge in [-0.2, -0.15) is 0 Å². The first kappa shape index (κ1) is 12.9. The topological polar surface area (TPSA) is 38.7 Å². The van der Waals surface area contributed by atoms with Gasteiger partial charge in [-0.3, -0.25) is 0 Å². The van der Waals surface area contributed by atoms with Crippen LogP contribution in [0.25, 0.3) is 0 Å². The van der Waals surface area contributed by atoms with Gasteiger partial charge in [-0.05, 0) is 32.1 Å². The highest BCUT2D eigenvalue weighted by Gasteiger charge is 2.25. The summed E-state index contributed by atoms with van der Waals surface area (Å²) in [6, 6.07) is 0. The molecule has 1 aliphatic heterocycles. The van der Waals surface area contributed by atoms with Gasteiger partial charge in [0.05, 0.1) is 31.5 Å². The molecule has 3 heteroatoms. The van der Waals surface area contributed by atoms with Crippen LogP contribution >= 0.6 is 0 Å². The predicted octanol–water partition coefficient (Wildman–Crippen LogP) is 1.98. The molecule has 15 heavy (non-hydrogen) atoms. The lowest BCUT2D eigenvalue weighted by atomic mass is 9.94. The first-order valence-electron chi connectivity index (χ1n) is 6.05. The number of aliphatic hydroxyl groups is 1. The van der Waals surface area contributed by atoms with E-state index in [4.69, 9.17) is 14.6 Å². The Morgan fingerprint density at radius 2 is 2.13 bits per heavy atom. The Morgan fingerprint density at radius 3 is 2.67 bits per heavy atom. The Bertz CT molecular complexity index is 168. The molecule has 0 radical (unpaired) electrons. The standard InChI is InChI=1S/C12H24O3/c1-4-11(7-13)14-8-12-6-5-9(2)10(3)15-12/h9-13H,4-8H2,1-3H3. The van der Waals surface area contributed by atoms with Crippen molar-refractivity contribution in [3.63, 3.8) is 0 Å². The summed E-state index contributed by atoms with van der Waals surface area (Å²) in [7, 11) is 0.